The van der Waals surface area contributed by atoms with Crippen molar-refractivity contribution in [3.8, 4) is 11.5 Å². The topological polar surface area (TPSA) is 143 Å². The van der Waals surface area contributed by atoms with Gasteiger partial charge in [0, 0.05) is 18.6 Å². The lowest BCUT2D eigenvalue weighted by Gasteiger charge is -2.11. The molecule has 0 saturated heterocycles. The van der Waals surface area contributed by atoms with Gasteiger partial charge in [-0.25, -0.2) is 9.59 Å². The molecule has 0 unspecified atom stereocenters. The van der Waals surface area contributed by atoms with E-state index in [-0.39, 0.29) is 22.9 Å². The zero-order valence-electron chi connectivity index (χ0n) is 17.6. The van der Waals surface area contributed by atoms with E-state index in [1.807, 2.05) is 0 Å². The molecule has 3 rings (SSSR count). The lowest BCUT2D eigenvalue weighted by molar-refractivity contribution is -0.384. The Hall–Kier alpha value is -4.41. The molecule has 33 heavy (non-hydrogen) atoms. The molecule has 0 fully saturated rings. The first-order valence-electron chi connectivity index (χ1n) is 9.78. The zero-order chi connectivity index (χ0) is 23.8. The van der Waals surface area contributed by atoms with Crippen molar-refractivity contribution in [3.05, 3.63) is 63.7 Å². The third kappa shape index (κ3) is 6.29. The number of ether oxygens (including phenoxy) is 4. The molecule has 0 atom stereocenters. The number of hydrogen-bond acceptors (Lipinski definition) is 9. The predicted molar refractivity (Wildman–Crippen MR) is 115 cm³/mol. The normalized spacial score (nSPS) is 12.5. The van der Waals surface area contributed by atoms with E-state index < -0.39 is 29.4 Å². The van der Waals surface area contributed by atoms with Crippen LogP contribution in [0.2, 0.25) is 0 Å². The summed E-state index contributed by atoms with van der Waals surface area (Å²) in [6.45, 7) is 0.0678. The minimum Gasteiger partial charge on any atom is -0.489 e. The highest BCUT2D eigenvalue weighted by Gasteiger charge is 2.23. The van der Waals surface area contributed by atoms with Crippen LogP contribution < -0.4 is 14.8 Å². The first-order chi connectivity index (χ1) is 15.9. The number of hydrogen-bond donors (Lipinski definition) is 1. The smallest absolute Gasteiger partial charge is 0.337 e. The zero-order valence-corrected chi connectivity index (χ0v) is 17.6. The Bertz CT molecular complexity index is 1090. The Morgan fingerprint density at radius 2 is 1.79 bits per heavy atom. The third-order valence-electron chi connectivity index (χ3n) is 4.43. The summed E-state index contributed by atoms with van der Waals surface area (Å²) in [5, 5.41) is 13.7. The Labute approximate surface area is 188 Å². The van der Waals surface area contributed by atoms with Gasteiger partial charge in [0.25, 0.3) is 11.6 Å². The van der Waals surface area contributed by atoms with Gasteiger partial charge in [0.05, 0.1) is 36.9 Å². The van der Waals surface area contributed by atoms with E-state index in [0.29, 0.717) is 30.8 Å². The minimum atomic E-state index is -0.796. The van der Waals surface area contributed by atoms with Gasteiger partial charge < -0.3 is 24.3 Å². The number of amides is 1. The molecule has 11 nitrogen and oxygen atoms in total. The second-order valence-electron chi connectivity index (χ2n) is 6.73. The molecule has 1 aliphatic rings. The number of esters is 2. The summed E-state index contributed by atoms with van der Waals surface area (Å²) in [6.07, 6.45) is 3.16. The summed E-state index contributed by atoms with van der Waals surface area (Å²) in [6, 6.07) is 8.75. The second kappa shape index (κ2) is 10.8. The number of nitrogens with one attached hydrogen (secondary N) is 1. The van der Waals surface area contributed by atoms with Crippen LogP contribution in [0.25, 0.3) is 6.08 Å². The van der Waals surface area contributed by atoms with Crippen molar-refractivity contribution in [2.45, 2.75) is 6.42 Å². The van der Waals surface area contributed by atoms with Crippen LogP contribution in [0.1, 0.15) is 22.3 Å². The van der Waals surface area contributed by atoms with Crippen LogP contribution in [0.4, 0.5) is 11.4 Å². The SMILES string of the molecule is COC(=O)c1ccc(/C=C/C(=O)OCC(=O)Nc2cc3c(cc2[N+](=O)[O-])OCCCO3)cc1. The van der Waals surface area contributed by atoms with Gasteiger partial charge in [-0.1, -0.05) is 12.1 Å². The highest BCUT2D eigenvalue weighted by atomic mass is 16.6. The number of carbonyl (C=O) groups is 3. The van der Waals surface area contributed by atoms with E-state index in [2.05, 4.69) is 10.1 Å². The number of nitro groups is 1. The first-order valence-corrected chi connectivity index (χ1v) is 9.78. The molecule has 172 valence electrons. The van der Waals surface area contributed by atoms with Gasteiger partial charge in [-0.15, -0.1) is 0 Å². The summed E-state index contributed by atoms with van der Waals surface area (Å²) in [4.78, 5) is 46.2. The number of nitrogens with zero attached hydrogens (tertiary/aromatic N) is 1. The first kappa shape index (κ1) is 23.3. The van der Waals surface area contributed by atoms with E-state index in [1.54, 1.807) is 12.1 Å². The van der Waals surface area contributed by atoms with Gasteiger partial charge in [0.2, 0.25) is 0 Å². The van der Waals surface area contributed by atoms with Crippen molar-refractivity contribution in [2.24, 2.45) is 0 Å². The average molecular weight is 456 g/mol. The van der Waals surface area contributed by atoms with Crippen molar-refractivity contribution < 1.29 is 38.3 Å². The molecule has 1 amide bonds. The van der Waals surface area contributed by atoms with E-state index in [4.69, 9.17) is 14.2 Å². The molecule has 0 aliphatic carbocycles. The fourth-order valence-electron chi connectivity index (χ4n) is 2.83. The Kier molecular flexibility index (Phi) is 7.58. The molecule has 2 aromatic carbocycles. The number of carbonyl (C=O) groups excluding carboxylic acids is 3. The average Bonchev–Trinajstić information content (AvgIpc) is 3.05. The molecule has 2 aromatic rings. The summed E-state index contributed by atoms with van der Waals surface area (Å²) >= 11 is 0. The number of nitro benzene ring substituents is 1. The van der Waals surface area contributed by atoms with Crippen molar-refractivity contribution in [1.29, 1.82) is 0 Å². The molecule has 0 spiro atoms. The Morgan fingerprint density at radius 3 is 2.42 bits per heavy atom. The molecule has 1 N–H and O–H groups in total. The third-order valence-corrected chi connectivity index (χ3v) is 4.43. The minimum absolute atomic E-state index is 0.105. The van der Waals surface area contributed by atoms with Gasteiger partial charge in [0.1, 0.15) is 5.69 Å². The molecule has 0 saturated carbocycles. The van der Waals surface area contributed by atoms with Crippen LogP contribution in [0, 0.1) is 10.1 Å². The van der Waals surface area contributed by atoms with Gasteiger partial charge in [-0.05, 0) is 23.8 Å². The van der Waals surface area contributed by atoms with Crippen LogP contribution in [-0.4, -0.2) is 49.7 Å². The molecule has 11 heteroatoms. The van der Waals surface area contributed by atoms with Crippen molar-refractivity contribution >= 4 is 35.3 Å². The van der Waals surface area contributed by atoms with Crippen LogP contribution in [-0.2, 0) is 19.1 Å². The van der Waals surface area contributed by atoms with Crippen molar-refractivity contribution in [2.75, 3.05) is 32.2 Å². The molecule has 0 radical (unpaired) electrons. The fraction of sp³-hybridized carbons (Fsp3) is 0.227. The van der Waals surface area contributed by atoms with Crippen LogP contribution in [0.3, 0.4) is 0 Å². The predicted octanol–water partition coefficient (Wildman–Crippen LogP) is 2.74. The van der Waals surface area contributed by atoms with E-state index in [1.165, 1.54) is 37.5 Å². The number of fused-ring (bicyclic) bond motifs is 1. The second-order valence-corrected chi connectivity index (χ2v) is 6.73. The molecule has 0 bridgehead atoms. The van der Waals surface area contributed by atoms with Crippen molar-refractivity contribution in [3.63, 3.8) is 0 Å². The highest BCUT2D eigenvalue weighted by molar-refractivity contribution is 5.96. The molecule has 1 aliphatic heterocycles. The van der Waals surface area contributed by atoms with Gasteiger partial charge in [0.15, 0.2) is 18.1 Å². The summed E-state index contributed by atoms with van der Waals surface area (Å²) < 4.78 is 20.4. The maximum absolute atomic E-state index is 12.2. The Balaban J connectivity index is 1.58. The van der Waals surface area contributed by atoms with Crippen molar-refractivity contribution in [1.82, 2.24) is 0 Å². The lowest BCUT2D eigenvalue weighted by Crippen LogP contribution is -2.20. The molecule has 0 aromatic heterocycles. The Morgan fingerprint density at radius 1 is 1.12 bits per heavy atom. The van der Waals surface area contributed by atoms with Gasteiger partial charge in [-0.3, -0.25) is 14.9 Å². The maximum Gasteiger partial charge on any atom is 0.337 e. The van der Waals surface area contributed by atoms with E-state index in [9.17, 15) is 24.5 Å². The van der Waals surface area contributed by atoms with Gasteiger partial charge in [-0.2, -0.15) is 0 Å². The van der Waals surface area contributed by atoms with Crippen LogP contribution in [0.5, 0.6) is 11.5 Å². The van der Waals surface area contributed by atoms with Gasteiger partial charge >= 0.3 is 11.9 Å². The molecular formula is C22H20N2O9. The van der Waals surface area contributed by atoms with E-state index >= 15 is 0 Å². The number of benzene rings is 2. The van der Waals surface area contributed by atoms with E-state index in [0.717, 1.165) is 6.08 Å². The quantitative estimate of drug-likeness (QED) is 0.288. The summed E-state index contributed by atoms with van der Waals surface area (Å²) in [7, 11) is 1.27. The number of anilines is 1. The van der Waals surface area contributed by atoms with Crippen LogP contribution in [0.15, 0.2) is 42.5 Å². The highest BCUT2D eigenvalue weighted by Crippen LogP contribution is 2.39. The largest absolute Gasteiger partial charge is 0.489 e. The number of rotatable bonds is 7. The standard InChI is InChI=1S/C22H20N2O9/c1-30-22(27)15-6-3-14(4-7-15)5-8-21(26)33-13-20(25)23-16-11-18-19(12-17(16)24(28)29)32-10-2-9-31-18/h3-8,11-12H,2,9-10,13H2,1H3,(H,23,25)/b8-5+. The number of methoxy groups -OCH3 is 1. The maximum atomic E-state index is 12.2. The monoisotopic (exact) mass is 456 g/mol. The van der Waals surface area contributed by atoms with Crippen LogP contribution >= 0.6 is 0 Å². The fourth-order valence-corrected chi connectivity index (χ4v) is 2.83. The molecular weight excluding hydrogens is 436 g/mol. The lowest BCUT2D eigenvalue weighted by atomic mass is 10.1. The summed E-state index contributed by atoms with van der Waals surface area (Å²) in [5.74, 6) is -1.56. The molecule has 1 heterocycles. The summed E-state index contributed by atoms with van der Waals surface area (Å²) in [5.41, 5.74) is 0.491.